The van der Waals surface area contributed by atoms with Crippen molar-refractivity contribution < 1.29 is 19.5 Å². The smallest absolute Gasteiger partial charge is 0.306 e. The molecule has 0 spiro atoms. The number of carboxylic acids is 1. The van der Waals surface area contributed by atoms with E-state index < -0.39 is 11.9 Å². The Labute approximate surface area is 307 Å². The van der Waals surface area contributed by atoms with Crippen LogP contribution in [0.4, 0.5) is 11.4 Å². The van der Waals surface area contributed by atoms with Crippen molar-refractivity contribution in [3.63, 3.8) is 0 Å². The lowest BCUT2D eigenvalue weighted by Crippen LogP contribution is -2.36. The Kier molecular flexibility index (Phi) is 9.89. The highest BCUT2D eigenvalue weighted by Crippen LogP contribution is 2.38. The number of nitrogens with zero attached hydrogens (tertiary/aromatic N) is 7. The fraction of sp³-hybridized carbons (Fsp3) is 0.421. The van der Waals surface area contributed by atoms with Gasteiger partial charge in [0, 0.05) is 82.2 Å². The number of imidazole rings is 2. The summed E-state index contributed by atoms with van der Waals surface area (Å²) in [7, 11) is 5.71. The van der Waals surface area contributed by atoms with Crippen molar-refractivity contribution in [1.29, 1.82) is 5.26 Å². The van der Waals surface area contributed by atoms with E-state index in [4.69, 9.17) is 16.6 Å². The van der Waals surface area contributed by atoms with E-state index >= 15 is 0 Å². The molecule has 2 aromatic carbocycles. The van der Waals surface area contributed by atoms with E-state index in [1.54, 1.807) is 36.4 Å². The molecule has 0 atom stereocenters. The van der Waals surface area contributed by atoms with Crippen LogP contribution in [0.3, 0.4) is 0 Å². The van der Waals surface area contributed by atoms with Gasteiger partial charge in [-0.1, -0.05) is 35.9 Å². The molecule has 2 amide bonds. The number of carbonyl (C=O) groups is 3. The summed E-state index contributed by atoms with van der Waals surface area (Å²) in [5.41, 5.74) is 5.75. The summed E-state index contributed by atoms with van der Waals surface area (Å²) >= 11 is 6.90. The molecule has 0 saturated heterocycles. The minimum Gasteiger partial charge on any atom is -0.481 e. The lowest BCUT2D eigenvalue weighted by molar-refractivity contribution is -0.143. The fourth-order valence-corrected chi connectivity index (χ4v) is 8.23. The maximum absolute atomic E-state index is 13.7. The standard InChI is InChI=1S/C38H42ClN9O4/c1-45-16-14-31-29(20-45)41-35(46(31)2)37(50)44-28-9-5-7-25(33(28)39)24-6-4-8-27(26(24)18-40)43-36(49)34-42-30-21-48(17-15-32(30)47(34)3)19-22-10-12-23(13-11-22)38(51)52/h4-9,22-23H,10-17,19-21H2,1-3H3,(H,43,49)(H,44,50)(H,51,52)/t22-,23-. The largest absolute Gasteiger partial charge is 0.481 e. The van der Waals surface area contributed by atoms with Gasteiger partial charge in [0.25, 0.3) is 11.8 Å². The molecule has 1 saturated carbocycles. The third-order valence-electron chi connectivity index (χ3n) is 10.9. The zero-order valence-electron chi connectivity index (χ0n) is 29.6. The highest BCUT2D eigenvalue weighted by molar-refractivity contribution is 6.36. The minimum absolute atomic E-state index is 0.227. The molecule has 1 fully saturated rings. The number of nitrogens with one attached hydrogen (secondary N) is 2. The number of carboxylic acid groups (broad SMARTS) is 1. The first-order valence-electron chi connectivity index (χ1n) is 17.7. The number of aliphatic carboxylic acids is 1. The van der Waals surface area contributed by atoms with Crippen LogP contribution >= 0.6 is 11.6 Å². The second kappa shape index (κ2) is 14.5. The number of hydrogen-bond donors (Lipinski definition) is 3. The van der Waals surface area contributed by atoms with E-state index in [0.29, 0.717) is 47.3 Å². The van der Waals surface area contributed by atoms with E-state index in [1.165, 1.54) is 0 Å². The van der Waals surface area contributed by atoms with Crippen LogP contribution in [0.15, 0.2) is 36.4 Å². The third-order valence-corrected chi connectivity index (χ3v) is 11.3. The van der Waals surface area contributed by atoms with Crippen molar-refractivity contribution in [1.82, 2.24) is 28.9 Å². The molecule has 0 unspecified atom stereocenters. The van der Waals surface area contributed by atoms with Gasteiger partial charge in [-0.2, -0.15) is 5.26 Å². The van der Waals surface area contributed by atoms with Crippen LogP contribution in [-0.2, 0) is 44.8 Å². The normalized spacial score (nSPS) is 19.0. The van der Waals surface area contributed by atoms with Crippen molar-refractivity contribution in [3.05, 3.63) is 81.4 Å². The van der Waals surface area contributed by atoms with Gasteiger partial charge in [-0.25, -0.2) is 9.97 Å². The molecule has 4 aromatic rings. The number of rotatable bonds is 8. The average Bonchev–Trinajstić information content (AvgIpc) is 3.64. The van der Waals surface area contributed by atoms with Crippen LogP contribution in [0.1, 0.15) is 75.3 Å². The summed E-state index contributed by atoms with van der Waals surface area (Å²) in [5.74, 6) is -0.728. The monoisotopic (exact) mass is 723 g/mol. The van der Waals surface area contributed by atoms with Crippen molar-refractivity contribution >= 4 is 40.8 Å². The topological polar surface area (TPSA) is 161 Å². The Morgan fingerprint density at radius 2 is 1.42 bits per heavy atom. The highest BCUT2D eigenvalue weighted by atomic mass is 35.5. The molecule has 270 valence electrons. The van der Waals surface area contributed by atoms with Gasteiger partial charge in [-0.15, -0.1) is 0 Å². The number of nitriles is 1. The van der Waals surface area contributed by atoms with Gasteiger partial charge < -0.3 is 29.8 Å². The molecule has 0 radical (unpaired) electrons. The Balaban J connectivity index is 1.06. The predicted octanol–water partition coefficient (Wildman–Crippen LogP) is 5.09. The summed E-state index contributed by atoms with van der Waals surface area (Å²) in [5, 5.41) is 25.8. The molecule has 3 aliphatic rings. The minimum atomic E-state index is -0.694. The van der Waals surface area contributed by atoms with Crippen molar-refractivity contribution in [3.8, 4) is 17.2 Å². The van der Waals surface area contributed by atoms with E-state index in [0.717, 1.165) is 80.9 Å². The number of carbonyl (C=O) groups excluding carboxylic acids is 2. The Morgan fingerprint density at radius 3 is 2.06 bits per heavy atom. The van der Waals surface area contributed by atoms with Gasteiger partial charge >= 0.3 is 5.97 Å². The van der Waals surface area contributed by atoms with E-state index in [-0.39, 0.29) is 28.2 Å². The van der Waals surface area contributed by atoms with Gasteiger partial charge in [-0.3, -0.25) is 19.3 Å². The molecule has 2 aliphatic heterocycles. The van der Waals surface area contributed by atoms with E-state index in [9.17, 15) is 24.8 Å². The van der Waals surface area contributed by atoms with Crippen molar-refractivity contribution in [2.24, 2.45) is 25.9 Å². The molecular formula is C38H42ClN9O4. The van der Waals surface area contributed by atoms with Crippen LogP contribution in [0.2, 0.25) is 5.02 Å². The number of amides is 2. The quantitative estimate of drug-likeness (QED) is 0.225. The molecule has 4 heterocycles. The number of halogens is 1. The van der Waals surface area contributed by atoms with Gasteiger partial charge in [0.05, 0.1) is 39.3 Å². The summed E-state index contributed by atoms with van der Waals surface area (Å²) in [6.45, 7) is 3.93. The molecule has 14 heteroatoms. The summed E-state index contributed by atoms with van der Waals surface area (Å²) in [6.07, 6.45) is 4.82. The molecule has 2 aromatic heterocycles. The van der Waals surface area contributed by atoms with Crippen molar-refractivity contribution in [2.45, 2.75) is 51.6 Å². The summed E-state index contributed by atoms with van der Waals surface area (Å²) < 4.78 is 3.66. The lowest BCUT2D eigenvalue weighted by Gasteiger charge is -2.33. The van der Waals surface area contributed by atoms with Crippen LogP contribution in [0, 0.1) is 23.2 Å². The van der Waals surface area contributed by atoms with E-state index in [2.05, 4.69) is 31.5 Å². The maximum atomic E-state index is 13.7. The van der Waals surface area contributed by atoms with Crippen LogP contribution in [-0.4, -0.2) is 78.5 Å². The Bertz CT molecular complexity index is 2110. The molecule has 7 rings (SSSR count). The SMILES string of the molecule is CN1CCc2c(nc(C(=O)Nc3cccc(-c4cccc(NC(=O)c5nc6c(n5C)CCN(C[C@H]5CC[C@H](C(=O)O)CC5)C6)c4C#N)c3Cl)n2C)C1. The first-order valence-corrected chi connectivity index (χ1v) is 18.1. The van der Waals surface area contributed by atoms with Gasteiger partial charge in [-0.05, 0) is 50.8 Å². The third kappa shape index (κ3) is 6.81. The first kappa shape index (κ1) is 35.4. The highest BCUT2D eigenvalue weighted by Gasteiger charge is 2.31. The molecule has 3 N–H and O–H groups in total. The number of benzene rings is 2. The molecule has 1 aliphatic carbocycles. The maximum Gasteiger partial charge on any atom is 0.306 e. The van der Waals surface area contributed by atoms with Gasteiger partial charge in [0.1, 0.15) is 6.07 Å². The summed E-state index contributed by atoms with van der Waals surface area (Å²) in [6, 6.07) is 12.6. The second-order valence-electron chi connectivity index (χ2n) is 14.2. The van der Waals surface area contributed by atoms with Gasteiger partial charge in [0.2, 0.25) is 0 Å². The Morgan fingerprint density at radius 1 is 0.846 bits per heavy atom. The second-order valence-corrected chi connectivity index (χ2v) is 14.6. The van der Waals surface area contributed by atoms with Crippen LogP contribution in [0.25, 0.3) is 11.1 Å². The van der Waals surface area contributed by atoms with Crippen molar-refractivity contribution in [2.75, 3.05) is 37.3 Å². The molecular weight excluding hydrogens is 682 g/mol. The number of anilines is 2. The van der Waals surface area contributed by atoms with Crippen LogP contribution < -0.4 is 10.6 Å². The zero-order valence-corrected chi connectivity index (χ0v) is 30.3. The molecule has 0 bridgehead atoms. The summed E-state index contributed by atoms with van der Waals surface area (Å²) in [4.78, 5) is 52.4. The Hall–Kier alpha value is -5.03. The molecule has 13 nitrogen and oxygen atoms in total. The molecule has 52 heavy (non-hydrogen) atoms. The fourth-order valence-electron chi connectivity index (χ4n) is 7.95. The van der Waals surface area contributed by atoms with Gasteiger partial charge in [0.15, 0.2) is 11.6 Å². The van der Waals surface area contributed by atoms with Crippen LogP contribution in [0.5, 0.6) is 0 Å². The average molecular weight is 724 g/mol. The zero-order chi connectivity index (χ0) is 36.7. The number of aromatic nitrogens is 4. The number of hydrogen-bond acceptors (Lipinski definition) is 8. The number of likely N-dealkylation sites (N-methyl/N-ethyl adjacent to an activating group) is 1. The lowest BCUT2D eigenvalue weighted by atomic mass is 9.81. The first-order chi connectivity index (χ1) is 25.0. The van der Waals surface area contributed by atoms with E-state index in [1.807, 2.05) is 30.3 Å². The predicted molar refractivity (Wildman–Crippen MR) is 196 cm³/mol. The number of fused-ring (bicyclic) bond motifs is 2.